The second kappa shape index (κ2) is 6.35. The summed E-state index contributed by atoms with van der Waals surface area (Å²) in [6, 6.07) is 11.3. The largest absolute Gasteiger partial charge is 0.380 e. The van der Waals surface area contributed by atoms with Gasteiger partial charge in [0.1, 0.15) is 0 Å². The highest BCUT2D eigenvalue weighted by molar-refractivity contribution is 5.15. The van der Waals surface area contributed by atoms with Crippen molar-refractivity contribution in [3.05, 3.63) is 35.9 Å². The Bertz CT molecular complexity index is 341. The Morgan fingerprint density at radius 1 is 1.28 bits per heavy atom. The van der Waals surface area contributed by atoms with Gasteiger partial charge in [-0.3, -0.25) is 0 Å². The minimum atomic E-state index is 0.182. The number of hydrogen-bond acceptors (Lipinski definition) is 2. The smallest absolute Gasteiger partial charge is 0.0619 e. The summed E-state index contributed by atoms with van der Waals surface area (Å²) in [6.45, 7) is 6.40. The lowest BCUT2D eigenvalue weighted by Crippen LogP contribution is -2.49. The van der Waals surface area contributed by atoms with Gasteiger partial charge in [-0.15, -0.1) is 0 Å². The zero-order valence-electron chi connectivity index (χ0n) is 11.6. The third-order valence-corrected chi connectivity index (χ3v) is 3.64. The number of ether oxygens (including phenoxy) is 1. The Kier molecular flexibility index (Phi) is 4.79. The number of benzene rings is 1. The third kappa shape index (κ3) is 4.43. The molecule has 2 rings (SSSR count). The van der Waals surface area contributed by atoms with Crippen LogP contribution >= 0.6 is 0 Å². The van der Waals surface area contributed by atoms with E-state index in [0.717, 1.165) is 26.1 Å². The van der Waals surface area contributed by atoms with Crippen molar-refractivity contribution in [1.29, 1.82) is 0 Å². The van der Waals surface area contributed by atoms with Gasteiger partial charge in [0, 0.05) is 18.2 Å². The molecule has 0 aliphatic carbocycles. The van der Waals surface area contributed by atoms with E-state index < -0.39 is 0 Å². The molecule has 1 aliphatic rings. The quantitative estimate of drug-likeness (QED) is 0.863. The van der Waals surface area contributed by atoms with Crippen LogP contribution in [0.15, 0.2) is 30.3 Å². The van der Waals surface area contributed by atoms with Crippen LogP contribution in [0.1, 0.15) is 38.7 Å². The normalized spacial score (nSPS) is 20.9. The fourth-order valence-corrected chi connectivity index (χ4v) is 2.58. The molecule has 0 spiro atoms. The summed E-state index contributed by atoms with van der Waals surface area (Å²) in [5, 5.41) is 3.74. The fraction of sp³-hybridized carbons (Fsp3) is 0.625. The summed E-state index contributed by atoms with van der Waals surface area (Å²) in [5.74, 6) is 0. The van der Waals surface area contributed by atoms with E-state index in [2.05, 4.69) is 49.5 Å². The molecule has 1 saturated heterocycles. The van der Waals surface area contributed by atoms with E-state index in [9.17, 15) is 0 Å². The van der Waals surface area contributed by atoms with Crippen molar-refractivity contribution in [3.63, 3.8) is 0 Å². The molecule has 1 N–H and O–H groups in total. The zero-order chi connectivity index (χ0) is 12.8. The molecule has 1 fully saturated rings. The maximum Gasteiger partial charge on any atom is 0.0619 e. The van der Waals surface area contributed by atoms with Crippen LogP contribution in [-0.4, -0.2) is 24.8 Å². The van der Waals surface area contributed by atoms with Crippen LogP contribution in [0.4, 0.5) is 0 Å². The first-order chi connectivity index (χ1) is 8.66. The van der Waals surface area contributed by atoms with E-state index in [1.165, 1.54) is 18.4 Å². The molecule has 1 aliphatic heterocycles. The molecular weight excluding hydrogens is 222 g/mol. The Morgan fingerprint density at radius 3 is 2.72 bits per heavy atom. The van der Waals surface area contributed by atoms with E-state index >= 15 is 0 Å². The Morgan fingerprint density at radius 2 is 2.06 bits per heavy atom. The first-order valence-electron chi connectivity index (χ1n) is 7.05. The van der Waals surface area contributed by atoms with Crippen molar-refractivity contribution >= 4 is 0 Å². The molecule has 2 nitrogen and oxygen atoms in total. The van der Waals surface area contributed by atoms with Gasteiger partial charge in [-0.2, -0.15) is 0 Å². The van der Waals surface area contributed by atoms with Crippen LogP contribution in [0, 0.1) is 0 Å². The van der Waals surface area contributed by atoms with Crippen molar-refractivity contribution in [1.82, 2.24) is 5.32 Å². The van der Waals surface area contributed by atoms with E-state index in [1.807, 2.05) is 0 Å². The van der Waals surface area contributed by atoms with Crippen molar-refractivity contribution in [2.75, 3.05) is 13.2 Å². The molecule has 1 unspecified atom stereocenters. The third-order valence-electron chi connectivity index (χ3n) is 3.64. The van der Waals surface area contributed by atoms with Gasteiger partial charge < -0.3 is 10.1 Å². The SMILES string of the molecule is CC(C)(CCc1ccccc1)NC1CCCOC1. The average molecular weight is 247 g/mol. The zero-order valence-corrected chi connectivity index (χ0v) is 11.6. The molecule has 0 saturated carbocycles. The Labute approximate surface area is 111 Å². The maximum absolute atomic E-state index is 5.53. The lowest BCUT2D eigenvalue weighted by Gasteiger charge is -2.34. The summed E-state index contributed by atoms with van der Waals surface area (Å²) in [4.78, 5) is 0. The molecule has 0 aromatic heterocycles. The van der Waals surface area contributed by atoms with E-state index in [1.54, 1.807) is 0 Å². The van der Waals surface area contributed by atoms with Crippen LogP contribution in [0.3, 0.4) is 0 Å². The molecule has 0 radical (unpaired) electrons. The summed E-state index contributed by atoms with van der Waals surface area (Å²) in [6.07, 6.45) is 4.73. The molecule has 0 bridgehead atoms. The van der Waals surface area contributed by atoms with Crippen LogP contribution in [0.25, 0.3) is 0 Å². The summed E-state index contributed by atoms with van der Waals surface area (Å²) < 4.78 is 5.53. The molecule has 0 amide bonds. The summed E-state index contributed by atoms with van der Waals surface area (Å²) >= 11 is 0. The van der Waals surface area contributed by atoms with Crippen molar-refractivity contribution < 1.29 is 4.74 Å². The highest BCUT2D eigenvalue weighted by Gasteiger charge is 2.23. The van der Waals surface area contributed by atoms with E-state index in [4.69, 9.17) is 4.74 Å². The van der Waals surface area contributed by atoms with Crippen LogP contribution in [0.5, 0.6) is 0 Å². The number of aryl methyl sites for hydroxylation is 1. The second-order valence-electron chi connectivity index (χ2n) is 5.93. The lowest BCUT2D eigenvalue weighted by molar-refractivity contribution is 0.0595. The molecule has 1 aromatic carbocycles. The van der Waals surface area contributed by atoms with Gasteiger partial charge in [-0.05, 0) is 45.1 Å². The van der Waals surface area contributed by atoms with Crippen LogP contribution in [-0.2, 0) is 11.2 Å². The van der Waals surface area contributed by atoms with Gasteiger partial charge in [-0.1, -0.05) is 30.3 Å². The molecule has 1 aromatic rings. The molecule has 1 atom stereocenters. The van der Waals surface area contributed by atoms with Crippen LogP contribution < -0.4 is 5.32 Å². The summed E-state index contributed by atoms with van der Waals surface area (Å²) in [7, 11) is 0. The lowest BCUT2D eigenvalue weighted by atomic mass is 9.93. The minimum absolute atomic E-state index is 0.182. The average Bonchev–Trinajstić information content (AvgIpc) is 2.38. The van der Waals surface area contributed by atoms with Gasteiger partial charge >= 0.3 is 0 Å². The van der Waals surface area contributed by atoms with Crippen LogP contribution in [0.2, 0.25) is 0 Å². The van der Waals surface area contributed by atoms with Gasteiger partial charge in [-0.25, -0.2) is 0 Å². The second-order valence-corrected chi connectivity index (χ2v) is 5.93. The summed E-state index contributed by atoms with van der Waals surface area (Å²) in [5.41, 5.74) is 1.61. The number of nitrogens with one attached hydrogen (secondary N) is 1. The molecule has 2 heteroatoms. The van der Waals surface area contributed by atoms with Crippen molar-refractivity contribution in [2.24, 2.45) is 0 Å². The minimum Gasteiger partial charge on any atom is -0.380 e. The number of hydrogen-bond donors (Lipinski definition) is 1. The maximum atomic E-state index is 5.53. The van der Waals surface area contributed by atoms with E-state index in [-0.39, 0.29) is 5.54 Å². The highest BCUT2D eigenvalue weighted by Crippen LogP contribution is 2.17. The first kappa shape index (κ1) is 13.6. The van der Waals surface area contributed by atoms with Gasteiger partial charge in [0.05, 0.1) is 6.61 Å². The first-order valence-corrected chi connectivity index (χ1v) is 7.05. The molecule has 100 valence electrons. The standard InChI is InChI=1S/C16H25NO/c1-16(2,17-15-9-6-12-18-13-15)11-10-14-7-4-3-5-8-14/h3-5,7-8,15,17H,6,9-13H2,1-2H3. The monoisotopic (exact) mass is 247 g/mol. The number of rotatable bonds is 5. The van der Waals surface area contributed by atoms with Gasteiger partial charge in [0.25, 0.3) is 0 Å². The van der Waals surface area contributed by atoms with Gasteiger partial charge in [0.2, 0.25) is 0 Å². The Balaban J connectivity index is 1.79. The predicted molar refractivity (Wildman–Crippen MR) is 75.8 cm³/mol. The van der Waals surface area contributed by atoms with Gasteiger partial charge in [0.15, 0.2) is 0 Å². The highest BCUT2D eigenvalue weighted by atomic mass is 16.5. The fourth-order valence-electron chi connectivity index (χ4n) is 2.58. The molecule has 1 heterocycles. The predicted octanol–water partition coefficient (Wildman–Crippen LogP) is 3.17. The molecular formula is C16H25NO. The van der Waals surface area contributed by atoms with E-state index in [0.29, 0.717) is 6.04 Å². The molecule has 18 heavy (non-hydrogen) atoms. The topological polar surface area (TPSA) is 21.3 Å². The van der Waals surface area contributed by atoms with Crippen molar-refractivity contribution in [3.8, 4) is 0 Å². The Hall–Kier alpha value is -0.860. The van der Waals surface area contributed by atoms with Crippen molar-refractivity contribution in [2.45, 2.75) is 51.1 Å².